The Hall–Kier alpha value is -3.62. The molecular formula is C23H21F3N4O2. The zero-order valence-electron chi connectivity index (χ0n) is 17.3. The Bertz CT molecular complexity index is 1140. The van der Waals surface area contributed by atoms with Gasteiger partial charge >= 0.3 is 6.18 Å². The van der Waals surface area contributed by atoms with E-state index in [0.717, 1.165) is 17.7 Å². The van der Waals surface area contributed by atoms with E-state index in [1.165, 1.54) is 21.7 Å². The largest absolute Gasteiger partial charge is 0.416 e. The topological polar surface area (TPSA) is 67.2 Å². The molecule has 9 heteroatoms. The highest BCUT2D eigenvalue weighted by Gasteiger charge is 2.32. The first-order chi connectivity index (χ1) is 15.2. The molecule has 0 aliphatic carbocycles. The van der Waals surface area contributed by atoms with Gasteiger partial charge in [0.05, 0.1) is 18.2 Å². The fraction of sp³-hybridized carbons (Fsp3) is 0.261. The van der Waals surface area contributed by atoms with Gasteiger partial charge in [0, 0.05) is 19.2 Å². The molecule has 0 bridgehead atoms. The van der Waals surface area contributed by atoms with Gasteiger partial charge in [0.1, 0.15) is 5.69 Å². The Balaban J connectivity index is 1.47. The SMILES string of the molecule is C[C@@H](NC(=O)c1cc2n(n1)CCN(Cc1cccc(C(F)(F)F)c1)C2=O)c1ccccc1. The number of nitrogens with one attached hydrogen (secondary N) is 1. The van der Waals surface area contributed by atoms with Gasteiger partial charge in [-0.1, -0.05) is 42.5 Å². The molecule has 2 amide bonds. The molecule has 0 saturated carbocycles. The van der Waals surface area contributed by atoms with Gasteiger partial charge < -0.3 is 10.2 Å². The Morgan fingerprint density at radius 3 is 2.56 bits per heavy atom. The molecule has 4 rings (SSSR count). The molecule has 0 unspecified atom stereocenters. The van der Waals surface area contributed by atoms with Crippen molar-refractivity contribution in [2.24, 2.45) is 0 Å². The lowest BCUT2D eigenvalue weighted by Crippen LogP contribution is -2.39. The van der Waals surface area contributed by atoms with E-state index in [0.29, 0.717) is 12.1 Å². The number of hydrogen-bond donors (Lipinski definition) is 1. The van der Waals surface area contributed by atoms with Crippen LogP contribution in [0.2, 0.25) is 0 Å². The van der Waals surface area contributed by atoms with Crippen molar-refractivity contribution in [2.75, 3.05) is 6.54 Å². The molecule has 2 aromatic carbocycles. The molecule has 2 heterocycles. The number of benzene rings is 2. The highest BCUT2D eigenvalue weighted by atomic mass is 19.4. The fourth-order valence-electron chi connectivity index (χ4n) is 3.66. The van der Waals surface area contributed by atoms with E-state index in [2.05, 4.69) is 10.4 Å². The summed E-state index contributed by atoms with van der Waals surface area (Å²) in [6, 6.07) is 15.6. The number of hydrogen-bond acceptors (Lipinski definition) is 3. The molecule has 3 aromatic rings. The van der Waals surface area contributed by atoms with E-state index < -0.39 is 17.6 Å². The molecule has 1 aliphatic rings. The fourth-order valence-corrected chi connectivity index (χ4v) is 3.66. The molecule has 0 saturated heterocycles. The van der Waals surface area contributed by atoms with Crippen LogP contribution in [-0.4, -0.2) is 33.0 Å². The normalized spacial score (nSPS) is 14.8. The van der Waals surface area contributed by atoms with E-state index >= 15 is 0 Å². The highest BCUT2D eigenvalue weighted by Crippen LogP contribution is 2.30. The predicted molar refractivity (Wildman–Crippen MR) is 111 cm³/mol. The van der Waals surface area contributed by atoms with Crippen molar-refractivity contribution in [1.82, 2.24) is 20.0 Å². The van der Waals surface area contributed by atoms with Crippen molar-refractivity contribution < 1.29 is 22.8 Å². The van der Waals surface area contributed by atoms with Gasteiger partial charge in [-0.25, -0.2) is 0 Å². The van der Waals surface area contributed by atoms with Gasteiger partial charge in [-0.05, 0) is 30.2 Å². The number of nitrogens with zero attached hydrogens (tertiary/aromatic N) is 3. The van der Waals surface area contributed by atoms with Crippen molar-refractivity contribution in [2.45, 2.75) is 32.2 Å². The first kappa shape index (κ1) is 21.6. The van der Waals surface area contributed by atoms with Gasteiger partial charge in [-0.3, -0.25) is 14.3 Å². The Morgan fingerprint density at radius 1 is 1.09 bits per heavy atom. The molecule has 166 valence electrons. The standard InChI is InChI=1S/C23H21F3N4O2/c1-15(17-7-3-2-4-8-17)27-21(31)19-13-20-22(32)29(10-11-30(20)28-19)14-16-6-5-9-18(12-16)23(24,25)26/h2-9,12-13,15H,10-11,14H2,1H3,(H,27,31)/t15-/m1/s1. The summed E-state index contributed by atoms with van der Waals surface area (Å²) >= 11 is 0. The Kier molecular flexibility index (Phi) is 5.73. The van der Waals surface area contributed by atoms with Gasteiger partial charge in [0.25, 0.3) is 11.8 Å². The van der Waals surface area contributed by atoms with E-state index in [9.17, 15) is 22.8 Å². The number of alkyl halides is 3. The lowest BCUT2D eigenvalue weighted by molar-refractivity contribution is -0.137. The van der Waals surface area contributed by atoms with Crippen LogP contribution in [0.1, 0.15) is 50.6 Å². The smallest absolute Gasteiger partial charge is 0.344 e. The van der Waals surface area contributed by atoms with E-state index in [1.807, 2.05) is 37.3 Å². The molecule has 1 atom stereocenters. The second-order valence-corrected chi connectivity index (χ2v) is 7.67. The van der Waals surface area contributed by atoms with Gasteiger partial charge in [-0.15, -0.1) is 0 Å². The third kappa shape index (κ3) is 4.51. The molecule has 0 spiro atoms. The van der Waals surface area contributed by atoms with Crippen LogP contribution in [0.15, 0.2) is 60.7 Å². The average molecular weight is 442 g/mol. The van der Waals surface area contributed by atoms with Crippen molar-refractivity contribution in [1.29, 1.82) is 0 Å². The first-order valence-corrected chi connectivity index (χ1v) is 10.1. The summed E-state index contributed by atoms with van der Waals surface area (Å²) in [5, 5.41) is 7.11. The maximum atomic E-state index is 13.0. The third-order valence-electron chi connectivity index (χ3n) is 5.38. The van der Waals surface area contributed by atoms with Crippen molar-refractivity contribution in [3.63, 3.8) is 0 Å². The molecule has 1 N–H and O–H groups in total. The summed E-state index contributed by atoms with van der Waals surface area (Å²) in [5.41, 5.74) is 0.928. The minimum atomic E-state index is -4.44. The van der Waals surface area contributed by atoms with Crippen LogP contribution in [0.25, 0.3) is 0 Å². The van der Waals surface area contributed by atoms with Crippen LogP contribution >= 0.6 is 0 Å². The Labute approximate surface area is 182 Å². The monoisotopic (exact) mass is 442 g/mol. The summed E-state index contributed by atoms with van der Waals surface area (Å²) in [4.78, 5) is 27.0. The molecule has 32 heavy (non-hydrogen) atoms. The molecule has 1 aliphatic heterocycles. The van der Waals surface area contributed by atoms with E-state index in [4.69, 9.17) is 0 Å². The number of amides is 2. The highest BCUT2D eigenvalue weighted by molar-refractivity contribution is 5.98. The number of fused-ring (bicyclic) bond motifs is 1. The van der Waals surface area contributed by atoms with Crippen molar-refractivity contribution in [3.8, 4) is 0 Å². The number of halogens is 3. The quantitative estimate of drug-likeness (QED) is 0.648. The molecule has 0 radical (unpaired) electrons. The van der Waals surface area contributed by atoms with Gasteiger partial charge in [-0.2, -0.15) is 18.3 Å². The van der Waals surface area contributed by atoms with Crippen LogP contribution < -0.4 is 5.32 Å². The van der Waals surface area contributed by atoms with E-state index in [-0.39, 0.29) is 36.4 Å². The third-order valence-corrected chi connectivity index (χ3v) is 5.38. The van der Waals surface area contributed by atoms with Crippen LogP contribution in [0, 0.1) is 0 Å². The zero-order valence-corrected chi connectivity index (χ0v) is 17.3. The minimum absolute atomic E-state index is 0.0422. The maximum Gasteiger partial charge on any atom is 0.416 e. The summed E-state index contributed by atoms with van der Waals surface area (Å²) in [6.07, 6.45) is -4.44. The Morgan fingerprint density at radius 2 is 1.84 bits per heavy atom. The van der Waals surface area contributed by atoms with Crippen LogP contribution in [-0.2, 0) is 19.3 Å². The molecule has 6 nitrogen and oxygen atoms in total. The first-order valence-electron chi connectivity index (χ1n) is 10.1. The number of carbonyl (C=O) groups is 2. The van der Waals surface area contributed by atoms with Gasteiger partial charge in [0.2, 0.25) is 0 Å². The summed E-state index contributed by atoms with van der Waals surface area (Å²) < 4.78 is 40.4. The second kappa shape index (κ2) is 8.49. The van der Waals surface area contributed by atoms with Crippen molar-refractivity contribution >= 4 is 11.8 Å². The lowest BCUT2D eigenvalue weighted by Gasteiger charge is -2.27. The number of carbonyl (C=O) groups excluding carboxylic acids is 2. The summed E-state index contributed by atoms with van der Waals surface area (Å²) in [5.74, 6) is -0.781. The van der Waals surface area contributed by atoms with Crippen LogP contribution in [0.5, 0.6) is 0 Å². The zero-order chi connectivity index (χ0) is 22.9. The maximum absolute atomic E-state index is 13.0. The lowest BCUT2D eigenvalue weighted by atomic mass is 10.1. The summed E-state index contributed by atoms with van der Waals surface area (Å²) in [6.45, 7) is 2.53. The predicted octanol–water partition coefficient (Wildman–Crippen LogP) is 4.05. The molecule has 0 fully saturated rings. The van der Waals surface area contributed by atoms with Crippen molar-refractivity contribution in [3.05, 3.63) is 88.7 Å². The number of aromatic nitrogens is 2. The van der Waals surface area contributed by atoms with Crippen LogP contribution in [0.4, 0.5) is 13.2 Å². The van der Waals surface area contributed by atoms with Crippen LogP contribution in [0.3, 0.4) is 0 Å². The average Bonchev–Trinajstić information content (AvgIpc) is 3.21. The van der Waals surface area contributed by atoms with Gasteiger partial charge in [0.15, 0.2) is 5.69 Å². The molecule has 1 aromatic heterocycles. The van der Waals surface area contributed by atoms with E-state index in [1.54, 1.807) is 6.07 Å². The molecular weight excluding hydrogens is 421 g/mol. The second-order valence-electron chi connectivity index (χ2n) is 7.67. The number of rotatable bonds is 5. The minimum Gasteiger partial charge on any atom is -0.344 e. The summed E-state index contributed by atoms with van der Waals surface area (Å²) in [7, 11) is 0.